The van der Waals surface area contributed by atoms with Crippen LogP contribution < -0.4 is 0 Å². The lowest BCUT2D eigenvalue weighted by Crippen LogP contribution is -2.24. The molecule has 0 fully saturated rings. The van der Waals surface area contributed by atoms with Crippen LogP contribution in [0.1, 0.15) is 20.9 Å². The van der Waals surface area contributed by atoms with Crippen molar-refractivity contribution in [3.63, 3.8) is 0 Å². The first kappa shape index (κ1) is 23.3. The Morgan fingerprint density at radius 2 is 1.26 bits per heavy atom. The Morgan fingerprint density at radius 3 is 1.97 bits per heavy atom. The van der Waals surface area contributed by atoms with Crippen molar-refractivity contribution in [1.82, 2.24) is 9.80 Å². The third kappa shape index (κ3) is 2.88. The van der Waals surface area contributed by atoms with Gasteiger partial charge in [0.1, 0.15) is 0 Å². The van der Waals surface area contributed by atoms with Crippen LogP contribution in [-0.2, 0) is 9.59 Å². The minimum absolute atomic E-state index is 0.116. The van der Waals surface area contributed by atoms with Gasteiger partial charge >= 0.3 is 0 Å². The summed E-state index contributed by atoms with van der Waals surface area (Å²) < 4.78 is 8.44. The number of aryl methyl sites for hydroxylation is 2. The van der Waals surface area contributed by atoms with Crippen LogP contribution in [0.25, 0.3) is 49.3 Å². The molecule has 4 nitrogen and oxygen atoms in total. The van der Waals surface area contributed by atoms with Crippen LogP contribution in [0.2, 0.25) is 0 Å². The highest BCUT2D eigenvalue weighted by atomic mass is 32.1. The summed E-state index contributed by atoms with van der Waals surface area (Å²) in [5.41, 5.74) is 5.17. The van der Waals surface area contributed by atoms with E-state index in [-0.39, 0.29) is 11.8 Å². The molecule has 0 bridgehead atoms. The number of carbonyl (C=O) groups is 2. The summed E-state index contributed by atoms with van der Waals surface area (Å²) >= 11 is 10.8. The van der Waals surface area contributed by atoms with Crippen molar-refractivity contribution in [2.75, 3.05) is 14.1 Å². The van der Waals surface area contributed by atoms with Crippen molar-refractivity contribution in [2.45, 2.75) is 13.8 Å². The van der Waals surface area contributed by atoms with Crippen molar-refractivity contribution in [1.29, 1.82) is 0 Å². The normalized spacial score (nSPS) is 16.2. The number of hydrogen-bond acceptors (Lipinski definition) is 8. The third-order valence-corrected chi connectivity index (χ3v) is 15.2. The standard InChI is InChI=1S/C28H18N2O2S6/c1-11-10-34-23-20(11)36-26-24-22(38-25(23)26)12(2)21(37-24)15-8-7-14(35-15)19-17-16(27(31)30(19)4)18(29(3)28(17)32)13-6-5-9-33-13/h5-10H,1-4H3. The molecule has 8 heterocycles. The van der Waals surface area contributed by atoms with Gasteiger partial charge in [0.25, 0.3) is 11.8 Å². The Labute approximate surface area is 242 Å². The molecule has 2 amide bonds. The number of nitrogens with zero attached hydrogens (tertiary/aromatic N) is 2. The fourth-order valence-electron chi connectivity index (χ4n) is 5.42. The molecule has 0 saturated heterocycles. The van der Waals surface area contributed by atoms with E-state index in [1.54, 1.807) is 46.6 Å². The van der Waals surface area contributed by atoms with Crippen molar-refractivity contribution in [3.05, 3.63) is 67.1 Å². The van der Waals surface area contributed by atoms with Crippen LogP contribution in [0.15, 0.2) is 46.2 Å². The molecule has 0 aliphatic carbocycles. The molecule has 6 aromatic rings. The van der Waals surface area contributed by atoms with Crippen LogP contribution in [0.3, 0.4) is 0 Å². The van der Waals surface area contributed by atoms with Gasteiger partial charge in [-0.15, -0.1) is 68.0 Å². The predicted molar refractivity (Wildman–Crippen MR) is 167 cm³/mol. The average molecular weight is 607 g/mol. The first-order valence-electron chi connectivity index (χ1n) is 11.9. The van der Waals surface area contributed by atoms with Gasteiger partial charge in [0.2, 0.25) is 0 Å². The second-order valence-electron chi connectivity index (χ2n) is 9.47. The SMILES string of the molecule is Cc1csc2c1sc1c3sc(-c4ccc(C5=C6C(=O)N(C)C(c7cccs7)=C6C(=O)N5C)s4)c(C)c3sc21. The van der Waals surface area contributed by atoms with E-state index in [0.717, 1.165) is 15.5 Å². The molecule has 2 aliphatic heterocycles. The zero-order valence-electron chi connectivity index (χ0n) is 20.6. The molecule has 0 atom stereocenters. The summed E-state index contributed by atoms with van der Waals surface area (Å²) in [6, 6.07) is 8.13. The van der Waals surface area contributed by atoms with Gasteiger partial charge in [0.15, 0.2) is 0 Å². The summed E-state index contributed by atoms with van der Waals surface area (Å²) in [5.74, 6) is -0.233. The fraction of sp³-hybridized carbons (Fsp3) is 0.143. The number of rotatable bonds is 3. The minimum Gasteiger partial charge on any atom is -0.309 e. The second kappa shape index (κ2) is 7.97. The van der Waals surface area contributed by atoms with Crippen molar-refractivity contribution >= 4 is 119 Å². The Hall–Kier alpha value is -2.60. The van der Waals surface area contributed by atoms with Gasteiger partial charge in [-0.2, -0.15) is 0 Å². The fourth-order valence-corrected chi connectivity index (χ4v) is 13.3. The first-order valence-corrected chi connectivity index (χ1v) is 16.9. The van der Waals surface area contributed by atoms with Crippen LogP contribution in [0, 0.1) is 13.8 Å². The lowest BCUT2D eigenvalue weighted by Gasteiger charge is -2.18. The van der Waals surface area contributed by atoms with Gasteiger partial charge in [0, 0.05) is 23.8 Å². The molecule has 6 aromatic heterocycles. The molecule has 0 radical (unpaired) electrons. The molecule has 38 heavy (non-hydrogen) atoms. The Bertz CT molecular complexity index is 2070. The average Bonchev–Trinajstić information content (AvgIpc) is 3.73. The zero-order chi connectivity index (χ0) is 26.0. The maximum atomic E-state index is 13.4. The number of hydrogen-bond donors (Lipinski definition) is 0. The van der Waals surface area contributed by atoms with Gasteiger partial charge in [-0.1, -0.05) is 6.07 Å². The topological polar surface area (TPSA) is 40.6 Å². The molecular formula is C28H18N2O2S6. The molecule has 0 unspecified atom stereocenters. The minimum atomic E-state index is -0.116. The molecule has 0 spiro atoms. The van der Waals surface area contributed by atoms with Gasteiger partial charge in [-0.05, 0) is 53.9 Å². The Morgan fingerprint density at radius 1 is 0.632 bits per heavy atom. The van der Waals surface area contributed by atoms with E-state index in [1.165, 1.54) is 49.1 Å². The van der Waals surface area contributed by atoms with Crippen molar-refractivity contribution in [2.24, 2.45) is 0 Å². The van der Waals surface area contributed by atoms with Gasteiger partial charge in [0.05, 0.1) is 60.5 Å². The summed E-state index contributed by atoms with van der Waals surface area (Å²) in [6.45, 7) is 4.42. The first-order chi connectivity index (χ1) is 18.3. The molecule has 0 aromatic carbocycles. The van der Waals surface area contributed by atoms with E-state index in [0.29, 0.717) is 16.8 Å². The van der Waals surface area contributed by atoms with Crippen LogP contribution >= 0.6 is 68.0 Å². The quantitative estimate of drug-likeness (QED) is 0.202. The summed E-state index contributed by atoms with van der Waals surface area (Å²) in [7, 11) is 3.54. The Balaban J connectivity index is 1.27. The molecule has 0 saturated carbocycles. The monoisotopic (exact) mass is 606 g/mol. The van der Waals surface area contributed by atoms with Crippen molar-refractivity contribution < 1.29 is 9.59 Å². The lowest BCUT2D eigenvalue weighted by atomic mass is 10.1. The lowest BCUT2D eigenvalue weighted by molar-refractivity contribution is -0.123. The molecule has 8 rings (SSSR count). The summed E-state index contributed by atoms with van der Waals surface area (Å²) in [5, 5.41) is 4.23. The number of fused-ring (bicyclic) bond motifs is 6. The highest BCUT2D eigenvalue weighted by Gasteiger charge is 2.47. The number of carbonyl (C=O) groups excluding carboxylic acids is 2. The predicted octanol–water partition coefficient (Wildman–Crippen LogP) is 8.87. The zero-order valence-corrected chi connectivity index (χ0v) is 25.5. The third-order valence-electron chi connectivity index (χ3n) is 7.29. The van der Waals surface area contributed by atoms with Crippen LogP contribution in [0.4, 0.5) is 0 Å². The maximum Gasteiger partial charge on any atom is 0.261 e. The number of thiophene rings is 6. The van der Waals surface area contributed by atoms with Crippen LogP contribution in [0.5, 0.6) is 0 Å². The summed E-state index contributed by atoms with van der Waals surface area (Å²) in [4.78, 5) is 34.5. The highest BCUT2D eigenvalue weighted by molar-refractivity contribution is 7.45. The van der Waals surface area contributed by atoms with E-state index >= 15 is 0 Å². The summed E-state index contributed by atoms with van der Waals surface area (Å²) in [6.07, 6.45) is 0. The Kier molecular flexibility index (Phi) is 4.89. The second-order valence-corrected chi connectivity index (χ2v) is 15.4. The molecule has 0 N–H and O–H groups in total. The van der Waals surface area contributed by atoms with E-state index < -0.39 is 0 Å². The number of amides is 2. The van der Waals surface area contributed by atoms with E-state index in [9.17, 15) is 9.59 Å². The molecule has 10 heteroatoms. The molecular weight excluding hydrogens is 589 g/mol. The molecule has 188 valence electrons. The van der Waals surface area contributed by atoms with Crippen molar-refractivity contribution in [3.8, 4) is 9.75 Å². The highest BCUT2D eigenvalue weighted by Crippen LogP contribution is 2.54. The number of likely N-dealkylation sites (N-methyl/N-ethyl adjacent to an activating group) is 2. The maximum absolute atomic E-state index is 13.4. The van der Waals surface area contributed by atoms with E-state index in [1.807, 2.05) is 62.9 Å². The molecule has 2 aliphatic rings. The van der Waals surface area contributed by atoms with Gasteiger partial charge < -0.3 is 9.80 Å². The van der Waals surface area contributed by atoms with E-state index in [2.05, 4.69) is 31.4 Å². The van der Waals surface area contributed by atoms with E-state index in [4.69, 9.17) is 0 Å². The van der Waals surface area contributed by atoms with Gasteiger partial charge in [-0.3, -0.25) is 9.59 Å². The van der Waals surface area contributed by atoms with Gasteiger partial charge in [-0.25, -0.2) is 0 Å². The van der Waals surface area contributed by atoms with Crippen LogP contribution in [-0.4, -0.2) is 35.7 Å². The largest absolute Gasteiger partial charge is 0.309 e. The smallest absolute Gasteiger partial charge is 0.261 e.